The molecule has 0 spiro atoms. The molecule has 134 valence electrons. The number of hydrogen-bond donors (Lipinski definition) is 2. The largest absolute Gasteiger partial charge is 0.497 e. The van der Waals surface area contributed by atoms with Gasteiger partial charge in [-0.05, 0) is 42.5 Å². The monoisotopic (exact) mass is 359 g/mol. The number of benzene rings is 2. The summed E-state index contributed by atoms with van der Waals surface area (Å²) in [4.78, 5) is 20.3. The number of carbonyl (C=O) groups is 1. The van der Waals surface area contributed by atoms with E-state index >= 15 is 0 Å². The zero-order valence-electron chi connectivity index (χ0n) is 14.6. The molecule has 0 aliphatic carbocycles. The van der Waals surface area contributed by atoms with Crippen LogP contribution in [-0.2, 0) is 0 Å². The van der Waals surface area contributed by atoms with E-state index in [-0.39, 0.29) is 0 Å². The number of methoxy groups -OCH3 is 1. The highest BCUT2D eigenvalue weighted by molar-refractivity contribution is 5.94. The number of nitrogens with one attached hydrogen (secondary N) is 1. The molecule has 0 saturated carbocycles. The maximum atomic E-state index is 11.5. The first-order valence-electron chi connectivity index (χ1n) is 8.29. The molecule has 3 N–H and O–H groups in total. The van der Waals surface area contributed by atoms with Crippen LogP contribution in [0.5, 0.6) is 5.75 Å². The molecule has 0 fully saturated rings. The molecule has 0 radical (unpaired) electrons. The van der Waals surface area contributed by atoms with Gasteiger partial charge in [-0.2, -0.15) is 0 Å². The number of hydrogen-bond acceptors (Lipinski definition) is 5. The molecular weight excluding hydrogens is 342 g/mol. The zero-order chi connectivity index (χ0) is 18.8. The number of fused-ring (bicyclic) bond motifs is 1. The van der Waals surface area contributed by atoms with Crippen LogP contribution >= 0.6 is 0 Å². The van der Waals surface area contributed by atoms with E-state index in [2.05, 4.69) is 10.3 Å². The van der Waals surface area contributed by atoms with E-state index < -0.39 is 5.91 Å². The summed E-state index contributed by atoms with van der Waals surface area (Å²) < 4.78 is 7.14. The zero-order valence-corrected chi connectivity index (χ0v) is 14.6. The second-order valence-corrected chi connectivity index (χ2v) is 5.91. The number of imidazole rings is 1. The quantitative estimate of drug-likeness (QED) is 0.570. The van der Waals surface area contributed by atoms with Crippen LogP contribution in [0.25, 0.3) is 16.9 Å². The van der Waals surface area contributed by atoms with E-state index in [4.69, 9.17) is 15.5 Å². The van der Waals surface area contributed by atoms with Gasteiger partial charge in [0.1, 0.15) is 17.3 Å². The smallest absolute Gasteiger partial charge is 0.248 e. The minimum atomic E-state index is -0.476. The Morgan fingerprint density at radius 3 is 2.74 bits per heavy atom. The SMILES string of the molecule is COc1ccc(-c2nc3cnccn3c2Nc2cccc(C(N)=O)c2)cc1. The lowest BCUT2D eigenvalue weighted by Gasteiger charge is -2.10. The Bertz CT molecular complexity index is 1120. The number of amides is 1. The normalized spacial score (nSPS) is 10.7. The van der Waals surface area contributed by atoms with Crippen molar-refractivity contribution in [3.8, 4) is 17.0 Å². The Morgan fingerprint density at radius 1 is 1.19 bits per heavy atom. The molecule has 1 amide bonds. The average molecular weight is 359 g/mol. The van der Waals surface area contributed by atoms with Crippen molar-refractivity contribution in [1.29, 1.82) is 0 Å². The van der Waals surface area contributed by atoms with Gasteiger partial charge in [0.2, 0.25) is 5.91 Å². The third kappa shape index (κ3) is 3.18. The first-order valence-corrected chi connectivity index (χ1v) is 8.29. The van der Waals surface area contributed by atoms with Gasteiger partial charge in [-0.15, -0.1) is 0 Å². The fraction of sp³-hybridized carbons (Fsp3) is 0.0500. The second-order valence-electron chi connectivity index (χ2n) is 5.91. The highest BCUT2D eigenvalue weighted by Gasteiger charge is 2.15. The van der Waals surface area contributed by atoms with Gasteiger partial charge in [-0.1, -0.05) is 6.07 Å². The van der Waals surface area contributed by atoms with Gasteiger partial charge in [-0.25, -0.2) is 4.98 Å². The molecule has 0 unspecified atom stereocenters. The van der Waals surface area contributed by atoms with Crippen LogP contribution in [0.3, 0.4) is 0 Å². The van der Waals surface area contributed by atoms with E-state index in [1.807, 2.05) is 40.9 Å². The summed E-state index contributed by atoms with van der Waals surface area (Å²) in [6, 6.07) is 14.7. The summed E-state index contributed by atoms with van der Waals surface area (Å²) in [5.41, 5.74) is 8.95. The molecule has 0 aliphatic heterocycles. The minimum Gasteiger partial charge on any atom is -0.497 e. The van der Waals surface area contributed by atoms with E-state index in [0.717, 1.165) is 28.5 Å². The van der Waals surface area contributed by atoms with Crippen molar-refractivity contribution in [2.45, 2.75) is 0 Å². The maximum absolute atomic E-state index is 11.5. The van der Waals surface area contributed by atoms with Gasteiger partial charge in [0.05, 0.1) is 13.3 Å². The van der Waals surface area contributed by atoms with Crippen LogP contribution in [0.15, 0.2) is 67.1 Å². The van der Waals surface area contributed by atoms with E-state index in [0.29, 0.717) is 11.2 Å². The number of anilines is 2. The topological polar surface area (TPSA) is 94.5 Å². The lowest BCUT2D eigenvalue weighted by molar-refractivity contribution is 0.100. The summed E-state index contributed by atoms with van der Waals surface area (Å²) in [7, 11) is 1.63. The summed E-state index contributed by atoms with van der Waals surface area (Å²) in [6.07, 6.45) is 5.21. The van der Waals surface area contributed by atoms with Crippen molar-refractivity contribution in [2.75, 3.05) is 12.4 Å². The number of ether oxygens (including phenoxy) is 1. The Morgan fingerprint density at radius 2 is 2.00 bits per heavy atom. The summed E-state index contributed by atoms with van der Waals surface area (Å²) in [5, 5.41) is 3.35. The van der Waals surface area contributed by atoms with E-state index in [9.17, 15) is 4.79 Å². The highest BCUT2D eigenvalue weighted by atomic mass is 16.5. The van der Waals surface area contributed by atoms with Crippen LogP contribution in [0.4, 0.5) is 11.5 Å². The molecule has 2 aromatic carbocycles. The van der Waals surface area contributed by atoms with Crippen LogP contribution < -0.4 is 15.8 Å². The van der Waals surface area contributed by atoms with Gasteiger partial charge < -0.3 is 15.8 Å². The number of nitrogens with two attached hydrogens (primary N) is 1. The molecule has 27 heavy (non-hydrogen) atoms. The summed E-state index contributed by atoms with van der Waals surface area (Å²) >= 11 is 0. The van der Waals surface area contributed by atoms with Crippen molar-refractivity contribution in [3.05, 3.63) is 72.7 Å². The molecule has 7 nitrogen and oxygen atoms in total. The average Bonchev–Trinajstić information content (AvgIpc) is 3.07. The Balaban J connectivity index is 1.83. The number of nitrogens with zero attached hydrogens (tertiary/aromatic N) is 3. The van der Waals surface area contributed by atoms with E-state index in [1.54, 1.807) is 37.7 Å². The third-order valence-corrected chi connectivity index (χ3v) is 4.20. The number of aromatic nitrogens is 3. The predicted molar refractivity (Wildman–Crippen MR) is 103 cm³/mol. The predicted octanol–water partition coefficient (Wildman–Crippen LogP) is 3.25. The molecule has 7 heteroatoms. The van der Waals surface area contributed by atoms with Crippen LogP contribution in [0, 0.1) is 0 Å². The molecule has 2 heterocycles. The van der Waals surface area contributed by atoms with E-state index in [1.165, 1.54) is 0 Å². The molecular formula is C20H17N5O2. The van der Waals surface area contributed by atoms with Gasteiger partial charge in [0.15, 0.2) is 5.65 Å². The minimum absolute atomic E-state index is 0.432. The summed E-state index contributed by atoms with van der Waals surface area (Å²) in [5.74, 6) is 1.06. The molecule has 0 bridgehead atoms. The van der Waals surface area contributed by atoms with Crippen molar-refractivity contribution < 1.29 is 9.53 Å². The molecule has 4 rings (SSSR count). The number of primary amides is 1. The standard InChI is InChI=1S/C20H17N5O2/c1-27-16-7-5-13(6-8-16)18-20(25-10-9-22-12-17(25)24-18)23-15-4-2-3-14(11-15)19(21)26/h2-12,23H,1H3,(H2,21,26). The van der Waals surface area contributed by atoms with Crippen LogP contribution in [-0.4, -0.2) is 27.4 Å². The van der Waals surface area contributed by atoms with Crippen LogP contribution in [0.1, 0.15) is 10.4 Å². The molecule has 0 atom stereocenters. The van der Waals surface area contributed by atoms with Crippen molar-refractivity contribution in [3.63, 3.8) is 0 Å². The summed E-state index contributed by atoms with van der Waals surface area (Å²) in [6.45, 7) is 0. The first kappa shape index (κ1) is 16.6. The Labute approximate surface area is 155 Å². The molecule has 0 saturated heterocycles. The van der Waals surface area contributed by atoms with Gasteiger partial charge in [0.25, 0.3) is 0 Å². The number of rotatable bonds is 5. The number of carbonyl (C=O) groups excluding carboxylic acids is 1. The third-order valence-electron chi connectivity index (χ3n) is 4.20. The first-order chi connectivity index (χ1) is 13.2. The molecule has 4 aromatic rings. The van der Waals surface area contributed by atoms with Gasteiger partial charge >= 0.3 is 0 Å². The van der Waals surface area contributed by atoms with Gasteiger partial charge in [0, 0.05) is 29.2 Å². The lowest BCUT2D eigenvalue weighted by atomic mass is 10.1. The van der Waals surface area contributed by atoms with Crippen molar-refractivity contribution in [2.24, 2.45) is 5.73 Å². The van der Waals surface area contributed by atoms with Crippen molar-refractivity contribution >= 4 is 23.1 Å². The highest BCUT2D eigenvalue weighted by Crippen LogP contribution is 2.32. The van der Waals surface area contributed by atoms with Crippen molar-refractivity contribution in [1.82, 2.24) is 14.4 Å². The molecule has 0 aliphatic rings. The fourth-order valence-corrected chi connectivity index (χ4v) is 2.86. The lowest BCUT2D eigenvalue weighted by Crippen LogP contribution is -2.11. The second kappa shape index (κ2) is 6.80. The fourth-order valence-electron chi connectivity index (χ4n) is 2.86. The van der Waals surface area contributed by atoms with Gasteiger partial charge in [-0.3, -0.25) is 14.2 Å². The Hall–Kier alpha value is -3.87. The molecule has 2 aromatic heterocycles. The van der Waals surface area contributed by atoms with Crippen LogP contribution in [0.2, 0.25) is 0 Å². The maximum Gasteiger partial charge on any atom is 0.248 e. The Kier molecular flexibility index (Phi) is 4.18.